The van der Waals surface area contributed by atoms with Gasteiger partial charge in [0.1, 0.15) is 16.8 Å². The minimum Gasteiger partial charge on any atom is -0.495 e. The van der Waals surface area contributed by atoms with Gasteiger partial charge in [0.15, 0.2) is 5.11 Å². The molecule has 7 nitrogen and oxygen atoms in total. The number of halogens is 1. The quantitative estimate of drug-likeness (QED) is 0.350. The van der Waals surface area contributed by atoms with Crippen molar-refractivity contribution in [3.05, 3.63) is 76.3 Å². The summed E-state index contributed by atoms with van der Waals surface area (Å²) in [6, 6.07) is 16.6. The predicted molar refractivity (Wildman–Crippen MR) is 139 cm³/mol. The second-order valence-corrected chi connectivity index (χ2v) is 8.96. The number of nitrogens with one attached hydrogen (secondary N) is 2. The van der Waals surface area contributed by atoms with E-state index in [1.54, 1.807) is 31.4 Å². The van der Waals surface area contributed by atoms with E-state index in [-0.39, 0.29) is 11.0 Å². The third-order valence-electron chi connectivity index (χ3n) is 5.41. The number of ether oxygens (including phenoxy) is 1. The van der Waals surface area contributed by atoms with Crippen molar-refractivity contribution in [2.45, 2.75) is 26.7 Å². The van der Waals surface area contributed by atoms with E-state index >= 15 is 0 Å². The molecule has 174 valence electrons. The SMILES string of the molecule is COc1ccc(-n2nc3cc(C)c(NC(=S)NC(=O)c4ccc(C(C)C)cc4)cc3n2)cc1Cl. The first kappa shape index (κ1) is 23.7. The first-order valence-electron chi connectivity index (χ1n) is 10.7. The van der Waals surface area contributed by atoms with E-state index in [4.69, 9.17) is 28.6 Å². The second kappa shape index (κ2) is 9.79. The Kier molecular flexibility index (Phi) is 6.81. The highest BCUT2D eigenvalue weighted by Gasteiger charge is 2.13. The maximum atomic E-state index is 12.6. The van der Waals surface area contributed by atoms with Crippen molar-refractivity contribution in [2.75, 3.05) is 12.4 Å². The molecule has 1 heterocycles. The number of carbonyl (C=O) groups is 1. The fourth-order valence-electron chi connectivity index (χ4n) is 3.45. The Labute approximate surface area is 208 Å². The van der Waals surface area contributed by atoms with Gasteiger partial charge in [0.25, 0.3) is 5.91 Å². The normalized spacial score (nSPS) is 11.0. The summed E-state index contributed by atoms with van der Waals surface area (Å²) >= 11 is 11.6. The lowest BCUT2D eigenvalue weighted by atomic mass is 10.0. The molecule has 3 aromatic carbocycles. The molecule has 0 unspecified atom stereocenters. The molecule has 34 heavy (non-hydrogen) atoms. The summed E-state index contributed by atoms with van der Waals surface area (Å²) in [5, 5.41) is 15.6. The molecule has 1 aromatic heterocycles. The van der Waals surface area contributed by atoms with Crippen LogP contribution in [-0.4, -0.2) is 33.1 Å². The van der Waals surface area contributed by atoms with Crippen LogP contribution in [0.4, 0.5) is 5.69 Å². The van der Waals surface area contributed by atoms with Gasteiger partial charge in [-0.2, -0.15) is 4.80 Å². The number of hydrogen-bond acceptors (Lipinski definition) is 5. The first-order chi connectivity index (χ1) is 16.2. The highest BCUT2D eigenvalue weighted by atomic mass is 35.5. The van der Waals surface area contributed by atoms with Crippen LogP contribution in [-0.2, 0) is 0 Å². The number of carbonyl (C=O) groups excluding carboxylic acids is 1. The van der Waals surface area contributed by atoms with Crippen LogP contribution in [0.2, 0.25) is 5.02 Å². The number of benzene rings is 3. The molecule has 0 bridgehead atoms. The van der Waals surface area contributed by atoms with Crippen LogP contribution in [0, 0.1) is 6.92 Å². The zero-order valence-corrected chi connectivity index (χ0v) is 20.8. The highest BCUT2D eigenvalue weighted by molar-refractivity contribution is 7.80. The Balaban J connectivity index is 1.50. The number of aromatic nitrogens is 3. The Morgan fingerprint density at radius 1 is 1.06 bits per heavy atom. The van der Waals surface area contributed by atoms with Crippen molar-refractivity contribution in [1.82, 2.24) is 20.3 Å². The Morgan fingerprint density at radius 2 is 1.74 bits per heavy atom. The summed E-state index contributed by atoms with van der Waals surface area (Å²) in [5.74, 6) is 0.710. The first-order valence-corrected chi connectivity index (χ1v) is 11.5. The molecule has 0 saturated heterocycles. The number of nitrogens with zero attached hydrogens (tertiary/aromatic N) is 3. The zero-order chi connectivity index (χ0) is 24.4. The van der Waals surface area contributed by atoms with Crippen molar-refractivity contribution >= 4 is 51.6 Å². The van der Waals surface area contributed by atoms with Crippen LogP contribution in [0.1, 0.15) is 41.3 Å². The lowest BCUT2D eigenvalue weighted by Crippen LogP contribution is -2.34. The van der Waals surface area contributed by atoms with Gasteiger partial charge < -0.3 is 10.1 Å². The fraction of sp³-hybridized carbons (Fsp3) is 0.200. The molecule has 0 radical (unpaired) electrons. The molecule has 4 aromatic rings. The summed E-state index contributed by atoms with van der Waals surface area (Å²) in [6.07, 6.45) is 0. The van der Waals surface area contributed by atoms with Crippen LogP contribution in [0.25, 0.3) is 16.7 Å². The summed E-state index contributed by atoms with van der Waals surface area (Å²) < 4.78 is 5.20. The molecule has 0 saturated carbocycles. The van der Waals surface area contributed by atoms with Gasteiger partial charge in [-0.3, -0.25) is 10.1 Å². The van der Waals surface area contributed by atoms with E-state index in [9.17, 15) is 4.79 Å². The van der Waals surface area contributed by atoms with Gasteiger partial charge in [0.05, 0.1) is 17.8 Å². The van der Waals surface area contributed by atoms with E-state index < -0.39 is 0 Å². The molecule has 2 N–H and O–H groups in total. The maximum absolute atomic E-state index is 12.6. The Hall–Kier alpha value is -3.49. The van der Waals surface area contributed by atoms with Crippen molar-refractivity contribution in [3.63, 3.8) is 0 Å². The molecule has 0 spiro atoms. The van der Waals surface area contributed by atoms with E-state index in [0.29, 0.717) is 33.5 Å². The molecule has 0 fully saturated rings. The topological polar surface area (TPSA) is 81.1 Å². The third-order valence-corrected chi connectivity index (χ3v) is 5.91. The molecule has 0 aliphatic carbocycles. The minimum absolute atomic E-state index is 0.203. The highest BCUT2D eigenvalue weighted by Crippen LogP contribution is 2.27. The van der Waals surface area contributed by atoms with E-state index in [1.165, 1.54) is 10.4 Å². The van der Waals surface area contributed by atoms with Crippen LogP contribution in [0.15, 0.2) is 54.6 Å². The summed E-state index contributed by atoms with van der Waals surface area (Å²) in [5.41, 5.74) is 5.44. The van der Waals surface area contributed by atoms with Gasteiger partial charge in [-0.05, 0) is 78.7 Å². The number of aryl methyl sites for hydroxylation is 1. The van der Waals surface area contributed by atoms with Gasteiger partial charge in [0, 0.05) is 11.3 Å². The fourth-order valence-corrected chi connectivity index (χ4v) is 3.90. The number of rotatable bonds is 5. The van der Waals surface area contributed by atoms with Crippen LogP contribution >= 0.6 is 23.8 Å². The molecule has 1 amide bonds. The molecule has 4 rings (SSSR count). The maximum Gasteiger partial charge on any atom is 0.257 e. The third kappa shape index (κ3) is 5.03. The van der Waals surface area contributed by atoms with Crippen molar-refractivity contribution in [2.24, 2.45) is 0 Å². The van der Waals surface area contributed by atoms with Gasteiger partial charge in [-0.15, -0.1) is 10.2 Å². The van der Waals surface area contributed by atoms with Crippen molar-refractivity contribution in [1.29, 1.82) is 0 Å². The Morgan fingerprint density at radius 3 is 2.35 bits per heavy atom. The number of amides is 1. The average molecular weight is 494 g/mol. The number of anilines is 1. The minimum atomic E-state index is -0.270. The summed E-state index contributed by atoms with van der Waals surface area (Å²) in [7, 11) is 1.56. The van der Waals surface area contributed by atoms with Gasteiger partial charge >= 0.3 is 0 Å². The molecule has 0 atom stereocenters. The molecule has 0 aliphatic rings. The smallest absolute Gasteiger partial charge is 0.257 e. The van der Waals surface area contributed by atoms with Gasteiger partial charge in [-0.1, -0.05) is 37.6 Å². The molecular weight excluding hydrogens is 470 g/mol. The standard InChI is InChI=1S/C25H24ClN5O2S/c1-14(2)16-5-7-17(8-6-16)24(32)28-25(34)27-20-13-22-21(11-15(20)3)29-31(30-22)18-9-10-23(33-4)19(26)12-18/h5-14H,1-4H3,(H2,27,28,32,34). The number of fused-ring (bicyclic) bond motifs is 1. The molecule has 9 heteroatoms. The predicted octanol–water partition coefficient (Wildman–Crippen LogP) is 5.64. The van der Waals surface area contributed by atoms with E-state index in [1.807, 2.05) is 37.3 Å². The van der Waals surface area contributed by atoms with Crippen LogP contribution < -0.4 is 15.4 Å². The molecular formula is C25H24ClN5O2S. The summed E-state index contributed by atoms with van der Waals surface area (Å²) in [6.45, 7) is 6.15. The Bertz CT molecular complexity index is 1380. The lowest BCUT2D eigenvalue weighted by molar-refractivity contribution is 0.0977. The zero-order valence-electron chi connectivity index (χ0n) is 19.2. The van der Waals surface area contributed by atoms with E-state index in [0.717, 1.165) is 16.8 Å². The number of methoxy groups -OCH3 is 1. The lowest BCUT2D eigenvalue weighted by Gasteiger charge is -2.12. The monoisotopic (exact) mass is 493 g/mol. The average Bonchev–Trinajstić information content (AvgIpc) is 3.21. The van der Waals surface area contributed by atoms with E-state index in [2.05, 4.69) is 34.7 Å². The molecule has 0 aliphatic heterocycles. The van der Waals surface area contributed by atoms with Gasteiger partial charge in [0.2, 0.25) is 0 Å². The van der Waals surface area contributed by atoms with Crippen LogP contribution in [0.3, 0.4) is 0 Å². The van der Waals surface area contributed by atoms with Gasteiger partial charge in [-0.25, -0.2) is 0 Å². The number of hydrogen-bond donors (Lipinski definition) is 2. The number of thiocarbonyl (C=S) groups is 1. The van der Waals surface area contributed by atoms with Crippen molar-refractivity contribution in [3.8, 4) is 11.4 Å². The second-order valence-electron chi connectivity index (χ2n) is 8.15. The largest absolute Gasteiger partial charge is 0.495 e. The summed E-state index contributed by atoms with van der Waals surface area (Å²) in [4.78, 5) is 14.1. The van der Waals surface area contributed by atoms with Crippen molar-refractivity contribution < 1.29 is 9.53 Å². The van der Waals surface area contributed by atoms with Crippen LogP contribution in [0.5, 0.6) is 5.75 Å².